The molecule has 0 bridgehead atoms. The molecule has 138 valence electrons. The summed E-state index contributed by atoms with van der Waals surface area (Å²) >= 11 is 0. The van der Waals surface area contributed by atoms with Gasteiger partial charge in [-0.15, -0.1) is 0 Å². The van der Waals surface area contributed by atoms with Crippen LogP contribution in [0.5, 0.6) is 5.75 Å². The summed E-state index contributed by atoms with van der Waals surface area (Å²) in [5.74, 6) is 1.45. The first-order chi connectivity index (χ1) is 12.0. The molecule has 1 aromatic rings. The van der Waals surface area contributed by atoms with Crippen LogP contribution in [-0.2, 0) is 14.9 Å². The Morgan fingerprint density at radius 1 is 1.36 bits per heavy atom. The van der Waals surface area contributed by atoms with Gasteiger partial charge in [-0.25, -0.2) is 0 Å². The molecule has 0 radical (unpaired) electrons. The van der Waals surface area contributed by atoms with Crippen LogP contribution in [0.15, 0.2) is 18.2 Å². The molecule has 1 saturated heterocycles. The largest absolute Gasteiger partial charge is 0.496 e. The molecule has 5 nitrogen and oxygen atoms in total. The molecular weight excluding hydrogens is 316 g/mol. The first-order valence-electron chi connectivity index (χ1n) is 9.29. The zero-order chi connectivity index (χ0) is 17.9. The Morgan fingerprint density at radius 2 is 2.08 bits per heavy atom. The first-order valence-corrected chi connectivity index (χ1v) is 9.29. The summed E-state index contributed by atoms with van der Waals surface area (Å²) in [5.41, 5.74) is 1.83. The smallest absolute Gasteiger partial charge is 0.230 e. The lowest BCUT2D eigenvalue weighted by atomic mass is 9.93. The molecule has 1 aliphatic heterocycles. The molecule has 1 aliphatic carbocycles. The van der Waals surface area contributed by atoms with Gasteiger partial charge < -0.3 is 14.8 Å². The Kier molecular flexibility index (Phi) is 5.64. The summed E-state index contributed by atoms with van der Waals surface area (Å²) in [6, 6.07) is 6.14. The van der Waals surface area contributed by atoms with E-state index in [0.29, 0.717) is 5.92 Å². The molecule has 1 atom stereocenters. The topological polar surface area (TPSA) is 50.8 Å². The molecule has 2 aliphatic rings. The monoisotopic (exact) mass is 346 g/mol. The Hall–Kier alpha value is -1.59. The molecule has 2 fully saturated rings. The Morgan fingerprint density at radius 3 is 2.72 bits per heavy atom. The number of methoxy groups -OCH3 is 1. The van der Waals surface area contributed by atoms with Gasteiger partial charge in [-0.05, 0) is 42.9 Å². The summed E-state index contributed by atoms with van der Waals surface area (Å²) < 4.78 is 10.8. The lowest BCUT2D eigenvalue weighted by Crippen LogP contribution is -2.43. The van der Waals surface area contributed by atoms with E-state index in [1.54, 1.807) is 7.11 Å². The number of ether oxygens (including phenoxy) is 2. The van der Waals surface area contributed by atoms with E-state index in [1.807, 2.05) is 19.1 Å². The van der Waals surface area contributed by atoms with E-state index in [-0.39, 0.29) is 11.3 Å². The lowest BCUT2D eigenvalue weighted by molar-refractivity contribution is -0.123. The third kappa shape index (κ3) is 4.15. The molecule has 25 heavy (non-hydrogen) atoms. The lowest BCUT2D eigenvalue weighted by Gasteiger charge is -2.29. The number of amides is 1. The maximum absolute atomic E-state index is 12.8. The zero-order valence-electron chi connectivity index (χ0n) is 15.6. The molecule has 0 aromatic heterocycles. The van der Waals surface area contributed by atoms with Crippen LogP contribution in [0, 0.1) is 12.8 Å². The Bertz CT molecular complexity index is 607. The summed E-state index contributed by atoms with van der Waals surface area (Å²) in [7, 11) is 1.68. The van der Waals surface area contributed by atoms with Crippen molar-refractivity contribution >= 4 is 5.91 Å². The van der Waals surface area contributed by atoms with Crippen molar-refractivity contribution in [3.63, 3.8) is 0 Å². The SMILES string of the molecule is COc1cc(C2(C(=O)NCC(C)CN3CCOCC3)CC2)ccc1C. The van der Waals surface area contributed by atoms with E-state index in [4.69, 9.17) is 9.47 Å². The van der Waals surface area contributed by atoms with Crippen molar-refractivity contribution in [1.29, 1.82) is 0 Å². The maximum atomic E-state index is 12.8. The average Bonchev–Trinajstić information content (AvgIpc) is 3.43. The number of carbonyl (C=O) groups excluding carboxylic acids is 1. The Balaban J connectivity index is 1.55. The minimum absolute atomic E-state index is 0.159. The van der Waals surface area contributed by atoms with Gasteiger partial charge in [-0.1, -0.05) is 19.1 Å². The predicted octanol–water partition coefficient (Wildman–Crippen LogP) is 2.12. The fourth-order valence-electron chi connectivity index (χ4n) is 3.61. The third-order valence-electron chi connectivity index (χ3n) is 5.43. The van der Waals surface area contributed by atoms with Crippen LogP contribution < -0.4 is 10.1 Å². The molecule has 0 spiro atoms. The molecule has 1 N–H and O–H groups in total. The molecule has 1 unspecified atom stereocenters. The highest BCUT2D eigenvalue weighted by atomic mass is 16.5. The van der Waals surface area contributed by atoms with Gasteiger partial charge in [-0.2, -0.15) is 0 Å². The van der Waals surface area contributed by atoms with Crippen molar-refractivity contribution in [3.05, 3.63) is 29.3 Å². The zero-order valence-corrected chi connectivity index (χ0v) is 15.6. The van der Waals surface area contributed by atoms with Crippen LogP contribution in [0.3, 0.4) is 0 Å². The number of nitrogens with one attached hydrogen (secondary N) is 1. The minimum atomic E-state index is -0.348. The quantitative estimate of drug-likeness (QED) is 0.822. The molecular formula is C20H30N2O3. The summed E-state index contributed by atoms with van der Waals surface area (Å²) in [6.45, 7) is 9.57. The highest BCUT2D eigenvalue weighted by Crippen LogP contribution is 2.49. The average molecular weight is 346 g/mol. The molecule has 3 rings (SSSR count). The van der Waals surface area contributed by atoms with Crippen LogP contribution in [0.2, 0.25) is 0 Å². The van der Waals surface area contributed by atoms with Gasteiger partial charge in [0.2, 0.25) is 5.91 Å². The van der Waals surface area contributed by atoms with Gasteiger partial charge in [0.05, 0.1) is 25.7 Å². The predicted molar refractivity (Wildman–Crippen MR) is 98.1 cm³/mol. The highest BCUT2D eigenvalue weighted by molar-refractivity contribution is 5.91. The fraction of sp³-hybridized carbons (Fsp3) is 0.650. The number of benzene rings is 1. The van der Waals surface area contributed by atoms with Crippen molar-refractivity contribution in [2.45, 2.75) is 32.1 Å². The van der Waals surface area contributed by atoms with Crippen molar-refractivity contribution in [3.8, 4) is 5.75 Å². The second-order valence-electron chi connectivity index (χ2n) is 7.49. The van der Waals surface area contributed by atoms with Crippen LogP contribution in [0.1, 0.15) is 30.9 Å². The molecule has 1 amide bonds. The fourth-order valence-corrected chi connectivity index (χ4v) is 3.61. The standard InChI is InChI=1S/C20H30N2O3/c1-15(14-22-8-10-25-11-9-22)13-21-19(23)20(6-7-20)17-5-4-16(2)18(12-17)24-3/h4-5,12,15H,6-11,13-14H2,1-3H3,(H,21,23). The molecule has 1 heterocycles. The van der Waals surface area contributed by atoms with Crippen LogP contribution in [0.4, 0.5) is 0 Å². The van der Waals surface area contributed by atoms with E-state index in [0.717, 1.165) is 69.1 Å². The molecule has 1 saturated carbocycles. The van der Waals surface area contributed by atoms with E-state index >= 15 is 0 Å². The van der Waals surface area contributed by atoms with Crippen LogP contribution in [0.25, 0.3) is 0 Å². The van der Waals surface area contributed by atoms with Gasteiger partial charge in [0.15, 0.2) is 0 Å². The summed E-state index contributed by atoms with van der Waals surface area (Å²) in [6.07, 6.45) is 1.84. The number of carbonyl (C=O) groups is 1. The number of aryl methyl sites for hydroxylation is 1. The number of nitrogens with zero attached hydrogens (tertiary/aromatic N) is 1. The van der Waals surface area contributed by atoms with Gasteiger partial charge >= 0.3 is 0 Å². The van der Waals surface area contributed by atoms with Crippen molar-refractivity contribution in [2.24, 2.45) is 5.92 Å². The summed E-state index contributed by atoms with van der Waals surface area (Å²) in [4.78, 5) is 15.2. The van der Waals surface area contributed by atoms with Gasteiger partial charge in [-0.3, -0.25) is 9.69 Å². The van der Waals surface area contributed by atoms with E-state index in [2.05, 4.69) is 23.2 Å². The second kappa shape index (κ2) is 7.75. The first kappa shape index (κ1) is 18.2. The van der Waals surface area contributed by atoms with Gasteiger partial charge in [0.1, 0.15) is 5.75 Å². The third-order valence-corrected chi connectivity index (χ3v) is 5.43. The van der Waals surface area contributed by atoms with E-state index in [1.165, 1.54) is 0 Å². The second-order valence-corrected chi connectivity index (χ2v) is 7.49. The van der Waals surface area contributed by atoms with E-state index < -0.39 is 0 Å². The Labute approximate surface area is 150 Å². The van der Waals surface area contributed by atoms with Gasteiger partial charge in [0.25, 0.3) is 0 Å². The number of hydrogen-bond acceptors (Lipinski definition) is 4. The number of morpholine rings is 1. The van der Waals surface area contributed by atoms with E-state index in [9.17, 15) is 4.79 Å². The van der Waals surface area contributed by atoms with Crippen molar-refractivity contribution in [2.75, 3.05) is 46.5 Å². The molecule has 1 aromatic carbocycles. The molecule has 5 heteroatoms. The number of rotatable bonds is 7. The van der Waals surface area contributed by atoms with Crippen molar-refractivity contribution < 1.29 is 14.3 Å². The van der Waals surface area contributed by atoms with Crippen LogP contribution in [-0.4, -0.2) is 57.3 Å². The highest BCUT2D eigenvalue weighted by Gasteiger charge is 2.51. The maximum Gasteiger partial charge on any atom is 0.230 e. The minimum Gasteiger partial charge on any atom is -0.496 e. The van der Waals surface area contributed by atoms with Gasteiger partial charge in [0, 0.05) is 26.2 Å². The van der Waals surface area contributed by atoms with Crippen molar-refractivity contribution in [1.82, 2.24) is 10.2 Å². The summed E-state index contributed by atoms with van der Waals surface area (Å²) in [5, 5.41) is 3.19. The normalized spacial score (nSPS) is 20.8. The number of hydrogen-bond donors (Lipinski definition) is 1. The van der Waals surface area contributed by atoms with Crippen LogP contribution >= 0.6 is 0 Å².